The molecule has 0 saturated heterocycles. The molecular formula is C20H33N3O. The molecule has 1 aliphatic heterocycles. The van der Waals surface area contributed by atoms with Crippen LogP contribution in [0.2, 0.25) is 0 Å². The number of nitrogens with one attached hydrogen (secondary N) is 1. The highest BCUT2D eigenvalue weighted by Crippen LogP contribution is 2.36. The average Bonchev–Trinajstić information content (AvgIpc) is 2.86. The van der Waals surface area contributed by atoms with E-state index < -0.39 is 0 Å². The molecule has 0 aromatic heterocycles. The van der Waals surface area contributed by atoms with Gasteiger partial charge in [-0.25, -0.2) is 0 Å². The molecule has 0 aromatic carbocycles. The Bertz CT molecular complexity index is 531. The van der Waals surface area contributed by atoms with Crippen LogP contribution < -0.4 is 11.1 Å². The molecule has 0 radical (unpaired) electrons. The van der Waals surface area contributed by atoms with Crippen LogP contribution in [0.5, 0.6) is 0 Å². The number of nitrogens with zero attached hydrogens (tertiary/aromatic N) is 1. The predicted molar refractivity (Wildman–Crippen MR) is 101 cm³/mol. The number of unbranched alkanes of at least 4 members (excludes halogenated alkanes) is 3. The van der Waals surface area contributed by atoms with E-state index in [4.69, 9.17) is 10.5 Å². The number of nitrogens with two attached hydrogens (primary N) is 1. The molecule has 134 valence electrons. The van der Waals surface area contributed by atoms with Crippen LogP contribution in [0.3, 0.4) is 0 Å². The molecule has 4 nitrogen and oxygen atoms in total. The molecule has 24 heavy (non-hydrogen) atoms. The van der Waals surface area contributed by atoms with E-state index >= 15 is 0 Å². The van der Waals surface area contributed by atoms with Gasteiger partial charge in [0.25, 0.3) is 0 Å². The molecule has 0 fully saturated rings. The molecule has 1 heterocycles. The van der Waals surface area contributed by atoms with Gasteiger partial charge in [-0.2, -0.15) is 0 Å². The highest BCUT2D eigenvalue weighted by Gasteiger charge is 2.28. The molecule has 0 atom stereocenters. The molecule has 0 saturated carbocycles. The molecular weight excluding hydrogens is 298 g/mol. The van der Waals surface area contributed by atoms with Gasteiger partial charge in [0.05, 0.1) is 5.70 Å². The highest BCUT2D eigenvalue weighted by molar-refractivity contribution is 5.35. The van der Waals surface area contributed by atoms with Crippen LogP contribution in [-0.2, 0) is 4.74 Å². The summed E-state index contributed by atoms with van der Waals surface area (Å²) in [5.74, 6) is 1.87. The van der Waals surface area contributed by atoms with Gasteiger partial charge in [-0.05, 0) is 51.7 Å². The average molecular weight is 332 g/mol. The van der Waals surface area contributed by atoms with E-state index in [-0.39, 0.29) is 0 Å². The van der Waals surface area contributed by atoms with Crippen LogP contribution in [0.15, 0.2) is 47.5 Å². The lowest BCUT2D eigenvalue weighted by molar-refractivity contribution is 0.242. The van der Waals surface area contributed by atoms with Gasteiger partial charge in [-0.1, -0.05) is 25.3 Å². The second-order valence-electron chi connectivity index (χ2n) is 6.78. The van der Waals surface area contributed by atoms with Crippen molar-refractivity contribution >= 4 is 0 Å². The predicted octanol–water partition coefficient (Wildman–Crippen LogP) is 4.49. The Morgan fingerprint density at radius 1 is 1.33 bits per heavy atom. The maximum atomic E-state index is 5.98. The molecule has 0 amide bonds. The first-order chi connectivity index (χ1) is 11.6. The van der Waals surface area contributed by atoms with Crippen molar-refractivity contribution in [2.45, 2.75) is 65.2 Å². The summed E-state index contributed by atoms with van der Waals surface area (Å²) in [5.41, 5.74) is 9.58. The van der Waals surface area contributed by atoms with Crippen LogP contribution in [0.25, 0.3) is 0 Å². The Morgan fingerprint density at radius 3 is 2.96 bits per heavy atom. The van der Waals surface area contributed by atoms with E-state index in [0.717, 1.165) is 62.5 Å². The molecule has 3 N–H and O–H groups in total. The van der Waals surface area contributed by atoms with Crippen molar-refractivity contribution in [2.24, 2.45) is 5.73 Å². The van der Waals surface area contributed by atoms with Crippen molar-refractivity contribution in [3.05, 3.63) is 47.5 Å². The van der Waals surface area contributed by atoms with Gasteiger partial charge in [0.2, 0.25) is 0 Å². The molecule has 0 spiro atoms. The first-order valence-electron chi connectivity index (χ1n) is 9.34. The van der Waals surface area contributed by atoms with Crippen molar-refractivity contribution in [1.29, 1.82) is 0 Å². The SMILES string of the molecule is C=C1OC2=C(C=C(C)CC2)N1CCCCN/C=C(\N)CCCCC. The Labute approximate surface area is 147 Å². The molecule has 2 aliphatic rings. The Balaban J connectivity index is 1.65. The summed E-state index contributed by atoms with van der Waals surface area (Å²) in [6, 6.07) is 0. The zero-order valence-corrected chi connectivity index (χ0v) is 15.4. The molecule has 0 unspecified atom stereocenters. The highest BCUT2D eigenvalue weighted by atomic mass is 16.5. The fourth-order valence-corrected chi connectivity index (χ4v) is 3.08. The zero-order chi connectivity index (χ0) is 17.4. The second kappa shape index (κ2) is 9.45. The quantitative estimate of drug-likeness (QED) is 0.579. The summed E-state index contributed by atoms with van der Waals surface area (Å²) in [4.78, 5) is 2.22. The normalized spacial score (nSPS) is 17.8. The lowest BCUT2D eigenvalue weighted by atomic mass is 10.0. The van der Waals surface area contributed by atoms with Crippen molar-refractivity contribution < 1.29 is 4.74 Å². The maximum absolute atomic E-state index is 5.98. The molecule has 0 bridgehead atoms. The van der Waals surface area contributed by atoms with Crippen LogP contribution in [-0.4, -0.2) is 18.0 Å². The summed E-state index contributed by atoms with van der Waals surface area (Å²) in [6.45, 7) is 10.4. The van der Waals surface area contributed by atoms with E-state index in [1.54, 1.807) is 0 Å². The second-order valence-corrected chi connectivity index (χ2v) is 6.78. The van der Waals surface area contributed by atoms with Gasteiger partial charge in [0, 0.05) is 31.4 Å². The summed E-state index contributed by atoms with van der Waals surface area (Å²) >= 11 is 0. The first kappa shape index (κ1) is 18.5. The minimum Gasteiger partial charge on any atom is -0.444 e. The smallest absolute Gasteiger partial charge is 0.192 e. The van der Waals surface area contributed by atoms with Gasteiger partial charge in [0.1, 0.15) is 5.76 Å². The van der Waals surface area contributed by atoms with Crippen molar-refractivity contribution in [2.75, 3.05) is 13.1 Å². The number of hydrogen-bond acceptors (Lipinski definition) is 4. The topological polar surface area (TPSA) is 50.5 Å². The van der Waals surface area contributed by atoms with E-state index in [2.05, 4.69) is 36.7 Å². The standard InChI is InChI=1S/C20H33N3O/c1-4-5-6-9-18(21)15-22-12-7-8-13-23-17(3)24-20-11-10-16(2)14-19(20)23/h14-15,22H,3-13,21H2,1-2H3/b18-15-. The minimum absolute atomic E-state index is 0.777. The fourth-order valence-electron chi connectivity index (χ4n) is 3.08. The maximum Gasteiger partial charge on any atom is 0.192 e. The van der Waals surface area contributed by atoms with Crippen LogP contribution in [0.1, 0.15) is 65.2 Å². The Hall–Kier alpha value is -1.84. The van der Waals surface area contributed by atoms with Gasteiger partial charge in [-0.3, -0.25) is 0 Å². The first-order valence-corrected chi connectivity index (χ1v) is 9.34. The third-order valence-corrected chi connectivity index (χ3v) is 4.56. The molecule has 4 heteroatoms. The lowest BCUT2D eigenvalue weighted by Crippen LogP contribution is -2.20. The van der Waals surface area contributed by atoms with E-state index in [1.165, 1.54) is 30.5 Å². The van der Waals surface area contributed by atoms with Gasteiger partial charge < -0.3 is 20.7 Å². The summed E-state index contributed by atoms with van der Waals surface area (Å²) in [7, 11) is 0. The van der Waals surface area contributed by atoms with Crippen molar-refractivity contribution in [3.8, 4) is 0 Å². The van der Waals surface area contributed by atoms with Gasteiger partial charge in [0.15, 0.2) is 5.88 Å². The molecule has 0 aromatic rings. The number of hydrogen-bond donors (Lipinski definition) is 2. The minimum atomic E-state index is 0.777. The van der Waals surface area contributed by atoms with Crippen molar-refractivity contribution in [3.63, 3.8) is 0 Å². The van der Waals surface area contributed by atoms with Crippen LogP contribution in [0.4, 0.5) is 0 Å². The molecule has 1 aliphatic carbocycles. The lowest BCUT2D eigenvalue weighted by Gasteiger charge is -2.20. The summed E-state index contributed by atoms with van der Waals surface area (Å²) < 4.78 is 5.81. The number of allylic oxidation sites excluding steroid dienone is 4. The van der Waals surface area contributed by atoms with E-state index in [1.807, 2.05) is 6.20 Å². The van der Waals surface area contributed by atoms with E-state index in [0.29, 0.717) is 0 Å². The number of rotatable bonds is 10. The largest absolute Gasteiger partial charge is 0.444 e. The fraction of sp³-hybridized carbons (Fsp3) is 0.600. The summed E-state index contributed by atoms with van der Waals surface area (Å²) in [5, 5.41) is 3.33. The summed E-state index contributed by atoms with van der Waals surface area (Å²) in [6.07, 6.45) is 13.2. The third kappa shape index (κ3) is 5.36. The van der Waals surface area contributed by atoms with Gasteiger partial charge in [-0.15, -0.1) is 0 Å². The Kier molecular flexibility index (Phi) is 7.29. The van der Waals surface area contributed by atoms with E-state index in [9.17, 15) is 0 Å². The zero-order valence-electron chi connectivity index (χ0n) is 15.4. The molecule has 2 rings (SSSR count). The Morgan fingerprint density at radius 2 is 2.17 bits per heavy atom. The number of ether oxygens (including phenoxy) is 1. The van der Waals surface area contributed by atoms with Crippen molar-refractivity contribution in [1.82, 2.24) is 10.2 Å². The van der Waals surface area contributed by atoms with Crippen LogP contribution in [0, 0.1) is 0 Å². The third-order valence-electron chi connectivity index (χ3n) is 4.56. The van der Waals surface area contributed by atoms with Crippen LogP contribution >= 0.6 is 0 Å². The monoisotopic (exact) mass is 331 g/mol. The van der Waals surface area contributed by atoms with Gasteiger partial charge >= 0.3 is 0 Å².